The molecular weight excluding hydrogens is 358 g/mol. The van der Waals surface area contributed by atoms with Gasteiger partial charge in [0, 0.05) is 45.6 Å². The smallest absolute Gasteiger partial charge is 0.410 e. The Morgan fingerprint density at radius 2 is 1.71 bits per heavy atom. The fourth-order valence-corrected chi connectivity index (χ4v) is 3.43. The number of nitrogens with one attached hydrogen (secondary N) is 1. The summed E-state index contributed by atoms with van der Waals surface area (Å²) in [6.07, 6.45) is 8.09. The molecular formula is C21H35N3O4. The number of carbonyl (C=O) groups is 3. The number of ether oxygens (including phenoxy) is 1. The zero-order chi connectivity index (χ0) is 20.6. The quantitative estimate of drug-likeness (QED) is 0.704. The fraction of sp³-hybridized carbons (Fsp3) is 0.762. The van der Waals surface area contributed by atoms with Gasteiger partial charge in [-0.25, -0.2) is 4.79 Å². The van der Waals surface area contributed by atoms with Crippen molar-refractivity contribution in [2.75, 3.05) is 32.7 Å². The van der Waals surface area contributed by atoms with Crippen LogP contribution in [0.25, 0.3) is 0 Å². The Hall–Kier alpha value is -2.05. The van der Waals surface area contributed by atoms with Crippen molar-refractivity contribution in [1.29, 1.82) is 0 Å². The lowest BCUT2D eigenvalue weighted by molar-refractivity contribution is -0.135. The van der Waals surface area contributed by atoms with Gasteiger partial charge in [0.05, 0.1) is 0 Å². The van der Waals surface area contributed by atoms with Crippen LogP contribution in [0.1, 0.15) is 65.7 Å². The number of carbonyl (C=O) groups excluding carboxylic acids is 3. The molecule has 3 amide bonds. The largest absolute Gasteiger partial charge is 0.444 e. The van der Waals surface area contributed by atoms with Crippen LogP contribution in [-0.4, -0.2) is 66.0 Å². The maximum Gasteiger partial charge on any atom is 0.410 e. The minimum Gasteiger partial charge on any atom is -0.444 e. The third-order valence-corrected chi connectivity index (χ3v) is 5.00. The molecule has 1 aliphatic heterocycles. The molecule has 0 unspecified atom stereocenters. The van der Waals surface area contributed by atoms with Crippen LogP contribution >= 0.6 is 0 Å². The van der Waals surface area contributed by atoms with E-state index in [2.05, 4.69) is 11.4 Å². The van der Waals surface area contributed by atoms with E-state index in [0.29, 0.717) is 32.7 Å². The van der Waals surface area contributed by atoms with E-state index in [4.69, 9.17) is 4.74 Å². The normalized spacial score (nSPS) is 17.8. The van der Waals surface area contributed by atoms with Gasteiger partial charge >= 0.3 is 6.09 Å². The van der Waals surface area contributed by atoms with E-state index in [0.717, 1.165) is 19.3 Å². The van der Waals surface area contributed by atoms with Crippen molar-refractivity contribution < 1.29 is 19.1 Å². The van der Waals surface area contributed by atoms with Crippen molar-refractivity contribution in [2.24, 2.45) is 0 Å². The van der Waals surface area contributed by atoms with Gasteiger partial charge in [0.2, 0.25) is 11.8 Å². The summed E-state index contributed by atoms with van der Waals surface area (Å²) in [5.74, 6) is -0.105. The van der Waals surface area contributed by atoms with E-state index in [1.165, 1.54) is 18.4 Å². The summed E-state index contributed by atoms with van der Waals surface area (Å²) < 4.78 is 5.36. The molecule has 2 rings (SSSR count). The van der Waals surface area contributed by atoms with Crippen LogP contribution in [0.4, 0.5) is 4.79 Å². The maximum atomic E-state index is 12.3. The Morgan fingerprint density at radius 1 is 1.04 bits per heavy atom. The highest BCUT2D eigenvalue weighted by atomic mass is 16.6. The summed E-state index contributed by atoms with van der Waals surface area (Å²) in [7, 11) is 0. The van der Waals surface area contributed by atoms with Crippen LogP contribution in [0.2, 0.25) is 0 Å². The number of nitrogens with zero attached hydrogens (tertiary/aromatic N) is 2. The predicted molar refractivity (Wildman–Crippen MR) is 108 cm³/mol. The van der Waals surface area contributed by atoms with Crippen LogP contribution in [0.5, 0.6) is 0 Å². The second-order valence-corrected chi connectivity index (χ2v) is 8.56. The van der Waals surface area contributed by atoms with Gasteiger partial charge in [-0.05, 0) is 52.9 Å². The zero-order valence-corrected chi connectivity index (χ0v) is 17.6. The summed E-state index contributed by atoms with van der Waals surface area (Å²) in [5.41, 5.74) is 0.913. The van der Waals surface area contributed by atoms with Crippen LogP contribution in [-0.2, 0) is 14.3 Å². The van der Waals surface area contributed by atoms with E-state index in [1.54, 1.807) is 9.80 Å². The molecule has 1 aliphatic carbocycles. The molecule has 0 aromatic carbocycles. The third kappa shape index (κ3) is 7.90. The SMILES string of the molecule is CC(C)(C)OC(=O)N1CCN(C(=O)CCC(=O)NCCC2=CCCCC2)CC1. The van der Waals surface area contributed by atoms with Crippen molar-refractivity contribution in [1.82, 2.24) is 15.1 Å². The number of allylic oxidation sites excluding steroid dienone is 1. The zero-order valence-electron chi connectivity index (χ0n) is 17.6. The van der Waals surface area contributed by atoms with E-state index in [1.807, 2.05) is 20.8 Å². The number of piperazine rings is 1. The maximum absolute atomic E-state index is 12.3. The summed E-state index contributed by atoms with van der Waals surface area (Å²) in [5, 5.41) is 2.91. The molecule has 2 aliphatic rings. The fourth-order valence-electron chi connectivity index (χ4n) is 3.43. The molecule has 158 valence electrons. The first-order valence-electron chi connectivity index (χ1n) is 10.4. The molecule has 0 aromatic rings. The van der Waals surface area contributed by atoms with Crippen LogP contribution in [0.15, 0.2) is 11.6 Å². The average Bonchev–Trinajstić information content (AvgIpc) is 2.66. The highest BCUT2D eigenvalue weighted by Crippen LogP contribution is 2.19. The van der Waals surface area contributed by atoms with Crippen LogP contribution < -0.4 is 5.32 Å². The van der Waals surface area contributed by atoms with Gasteiger partial charge in [-0.3, -0.25) is 9.59 Å². The summed E-state index contributed by atoms with van der Waals surface area (Å²) in [6, 6.07) is 0. The van der Waals surface area contributed by atoms with Crippen LogP contribution in [0, 0.1) is 0 Å². The standard InChI is InChI=1S/C21H35N3O4/c1-21(2,3)28-20(27)24-15-13-23(14-16-24)19(26)10-9-18(25)22-12-11-17-7-5-4-6-8-17/h7H,4-6,8-16H2,1-3H3,(H,22,25). The van der Waals surface area contributed by atoms with Crippen molar-refractivity contribution in [3.63, 3.8) is 0 Å². The number of rotatable bonds is 6. The minimum atomic E-state index is -0.523. The van der Waals surface area contributed by atoms with Crippen molar-refractivity contribution in [3.8, 4) is 0 Å². The van der Waals surface area contributed by atoms with Gasteiger partial charge in [-0.1, -0.05) is 11.6 Å². The van der Waals surface area contributed by atoms with E-state index < -0.39 is 5.60 Å². The number of hydrogen-bond acceptors (Lipinski definition) is 4. The first-order chi connectivity index (χ1) is 13.2. The average molecular weight is 394 g/mol. The summed E-state index contributed by atoms with van der Waals surface area (Å²) in [4.78, 5) is 39.7. The topological polar surface area (TPSA) is 79.0 Å². The predicted octanol–water partition coefficient (Wildman–Crippen LogP) is 2.85. The Kier molecular flexibility index (Phi) is 8.33. The molecule has 0 spiro atoms. The van der Waals surface area contributed by atoms with Gasteiger partial charge in [0.25, 0.3) is 0 Å². The lowest BCUT2D eigenvalue weighted by Crippen LogP contribution is -2.51. The lowest BCUT2D eigenvalue weighted by Gasteiger charge is -2.35. The lowest BCUT2D eigenvalue weighted by atomic mass is 9.97. The highest BCUT2D eigenvalue weighted by Gasteiger charge is 2.27. The van der Waals surface area contributed by atoms with Crippen molar-refractivity contribution in [3.05, 3.63) is 11.6 Å². The second-order valence-electron chi connectivity index (χ2n) is 8.56. The first-order valence-corrected chi connectivity index (χ1v) is 10.4. The van der Waals surface area contributed by atoms with Gasteiger partial charge < -0.3 is 19.9 Å². The Bertz CT molecular complexity index is 587. The molecule has 0 atom stereocenters. The van der Waals surface area contributed by atoms with Crippen molar-refractivity contribution in [2.45, 2.75) is 71.3 Å². The molecule has 0 radical (unpaired) electrons. The highest BCUT2D eigenvalue weighted by molar-refractivity contribution is 5.84. The molecule has 1 saturated heterocycles. The summed E-state index contributed by atoms with van der Waals surface area (Å²) in [6.45, 7) is 8.03. The van der Waals surface area contributed by atoms with Gasteiger partial charge in [0.1, 0.15) is 5.60 Å². The van der Waals surface area contributed by atoms with E-state index in [9.17, 15) is 14.4 Å². The Morgan fingerprint density at radius 3 is 2.32 bits per heavy atom. The minimum absolute atomic E-state index is 0.0334. The Labute approximate surface area is 168 Å². The molecule has 1 fully saturated rings. The first kappa shape index (κ1) is 22.2. The molecule has 0 bridgehead atoms. The van der Waals surface area contributed by atoms with E-state index in [-0.39, 0.29) is 30.7 Å². The second kappa shape index (κ2) is 10.5. The molecule has 0 aromatic heterocycles. The summed E-state index contributed by atoms with van der Waals surface area (Å²) >= 11 is 0. The van der Waals surface area contributed by atoms with Gasteiger partial charge in [-0.15, -0.1) is 0 Å². The number of amides is 3. The van der Waals surface area contributed by atoms with Crippen molar-refractivity contribution >= 4 is 17.9 Å². The van der Waals surface area contributed by atoms with Gasteiger partial charge in [-0.2, -0.15) is 0 Å². The molecule has 0 saturated carbocycles. The van der Waals surface area contributed by atoms with E-state index >= 15 is 0 Å². The monoisotopic (exact) mass is 393 g/mol. The molecule has 1 heterocycles. The van der Waals surface area contributed by atoms with Gasteiger partial charge in [0.15, 0.2) is 0 Å². The molecule has 7 nitrogen and oxygen atoms in total. The molecule has 28 heavy (non-hydrogen) atoms. The third-order valence-electron chi connectivity index (χ3n) is 5.00. The molecule has 7 heteroatoms. The Balaban J connectivity index is 1.61. The molecule has 1 N–H and O–H groups in total. The number of hydrogen-bond donors (Lipinski definition) is 1. The van der Waals surface area contributed by atoms with Crippen LogP contribution in [0.3, 0.4) is 0 Å².